The number of allylic oxidation sites excluding steroid dienone is 3. The smallest absolute Gasteiger partial charge is 0.262 e. The summed E-state index contributed by atoms with van der Waals surface area (Å²) < 4.78 is 6.30. The molecule has 3 unspecified atom stereocenters. The molecule has 0 spiro atoms. The van der Waals surface area contributed by atoms with Gasteiger partial charge in [-0.05, 0) is 87.8 Å². The summed E-state index contributed by atoms with van der Waals surface area (Å²) in [6.45, 7) is 17.1. The SMILES string of the molecule is C=C(C)[C@@H]1CCC(C)=CC1c1c(O)cc(CCCCC)cc1OC(=S)NCC(C)(C)C1CN1C. The van der Waals surface area contributed by atoms with Crippen LogP contribution in [0.1, 0.15) is 83.8 Å². The number of nitrogens with zero attached hydrogens (tertiary/aromatic N) is 1. The van der Waals surface area contributed by atoms with Crippen LogP contribution in [0.15, 0.2) is 35.9 Å². The number of likely N-dealkylation sites (N-methyl/N-ethyl adjacent to an activating group) is 1. The van der Waals surface area contributed by atoms with Crippen molar-refractivity contribution in [2.75, 3.05) is 20.1 Å². The van der Waals surface area contributed by atoms with Crippen LogP contribution in [0.3, 0.4) is 0 Å². The molecule has 188 valence electrons. The molecule has 1 heterocycles. The van der Waals surface area contributed by atoms with E-state index in [4.69, 9.17) is 17.0 Å². The Morgan fingerprint density at radius 1 is 1.32 bits per heavy atom. The van der Waals surface area contributed by atoms with E-state index in [0.717, 1.165) is 55.5 Å². The minimum Gasteiger partial charge on any atom is -0.507 e. The van der Waals surface area contributed by atoms with E-state index in [1.54, 1.807) is 0 Å². The van der Waals surface area contributed by atoms with Gasteiger partial charge < -0.3 is 15.2 Å². The first kappa shape index (κ1) is 26.7. The van der Waals surface area contributed by atoms with Crippen LogP contribution in [0.4, 0.5) is 0 Å². The molecule has 4 atom stereocenters. The zero-order valence-electron chi connectivity index (χ0n) is 22.0. The minimum absolute atomic E-state index is 0.0327. The van der Waals surface area contributed by atoms with Gasteiger partial charge in [0.1, 0.15) is 11.5 Å². The number of ether oxygens (including phenoxy) is 1. The maximum Gasteiger partial charge on any atom is 0.262 e. The number of hydrogen-bond acceptors (Lipinski definition) is 4. The maximum atomic E-state index is 11.2. The fraction of sp³-hybridized carbons (Fsp3) is 0.621. The molecule has 0 radical (unpaired) electrons. The third kappa shape index (κ3) is 6.63. The zero-order valence-corrected chi connectivity index (χ0v) is 22.9. The summed E-state index contributed by atoms with van der Waals surface area (Å²) in [7, 11) is 2.15. The lowest BCUT2D eigenvalue weighted by molar-refractivity contribution is 0.308. The first-order valence-electron chi connectivity index (χ1n) is 12.9. The second-order valence-electron chi connectivity index (χ2n) is 11.2. The summed E-state index contributed by atoms with van der Waals surface area (Å²) in [5.41, 5.74) is 4.51. The minimum atomic E-state index is 0.0327. The largest absolute Gasteiger partial charge is 0.507 e. The molecule has 3 rings (SSSR count). The first-order chi connectivity index (χ1) is 16.0. The molecule has 0 saturated carbocycles. The van der Waals surface area contributed by atoms with Crippen molar-refractivity contribution in [2.45, 2.75) is 85.1 Å². The summed E-state index contributed by atoms with van der Waals surface area (Å²) in [5.74, 6) is 1.28. The Morgan fingerprint density at radius 3 is 2.65 bits per heavy atom. The van der Waals surface area contributed by atoms with Crippen molar-refractivity contribution >= 4 is 17.4 Å². The van der Waals surface area contributed by atoms with E-state index < -0.39 is 0 Å². The molecule has 4 nitrogen and oxygen atoms in total. The lowest BCUT2D eigenvalue weighted by Crippen LogP contribution is -2.39. The van der Waals surface area contributed by atoms with Crippen LogP contribution in [0.2, 0.25) is 0 Å². The van der Waals surface area contributed by atoms with Crippen LogP contribution in [0, 0.1) is 11.3 Å². The van der Waals surface area contributed by atoms with E-state index in [1.165, 1.54) is 18.4 Å². The Morgan fingerprint density at radius 2 is 2.03 bits per heavy atom. The second kappa shape index (κ2) is 11.3. The number of aromatic hydroxyl groups is 1. The Bertz CT molecular complexity index is 936. The Kier molecular flexibility index (Phi) is 8.86. The average Bonchev–Trinajstić information content (AvgIpc) is 3.50. The van der Waals surface area contributed by atoms with Gasteiger partial charge in [-0.3, -0.25) is 4.90 Å². The first-order valence-corrected chi connectivity index (χ1v) is 13.3. The number of rotatable bonds is 10. The molecule has 0 aromatic heterocycles. The molecule has 0 bridgehead atoms. The van der Waals surface area contributed by atoms with Crippen molar-refractivity contribution in [1.29, 1.82) is 0 Å². The van der Waals surface area contributed by atoms with E-state index in [2.05, 4.69) is 70.6 Å². The monoisotopic (exact) mass is 484 g/mol. The molecule has 1 aromatic rings. The van der Waals surface area contributed by atoms with Crippen LogP contribution in [0.5, 0.6) is 11.5 Å². The van der Waals surface area contributed by atoms with E-state index in [-0.39, 0.29) is 17.3 Å². The Labute approximate surface area is 212 Å². The van der Waals surface area contributed by atoms with Gasteiger partial charge in [-0.2, -0.15) is 0 Å². The standard InChI is InChI=1S/C29H44N2O2S/c1-8-9-10-11-21-15-24(32)27(23-14-20(4)12-13-22(23)19(2)3)25(16-21)33-28(34)30-18-29(5,6)26-17-31(26)7/h14-16,22-23,26,32H,2,8-13,17-18H2,1,3-7H3,(H,30,34)/t22-,23?,26?,31?/m0/s1. The van der Waals surface area contributed by atoms with Crippen LogP contribution in [0.25, 0.3) is 0 Å². The predicted octanol–water partition coefficient (Wildman–Crippen LogP) is 6.73. The van der Waals surface area contributed by atoms with E-state index in [1.807, 2.05) is 6.07 Å². The van der Waals surface area contributed by atoms with E-state index >= 15 is 0 Å². The topological polar surface area (TPSA) is 44.5 Å². The fourth-order valence-corrected chi connectivity index (χ4v) is 5.50. The number of aryl methyl sites for hydroxylation is 1. The van der Waals surface area contributed by atoms with Crippen LogP contribution >= 0.6 is 12.2 Å². The molecule has 2 aliphatic rings. The summed E-state index contributed by atoms with van der Waals surface area (Å²) in [6.07, 6.45) is 8.73. The van der Waals surface area contributed by atoms with Gasteiger partial charge in [0.05, 0.1) is 0 Å². The van der Waals surface area contributed by atoms with Gasteiger partial charge in [0.25, 0.3) is 5.17 Å². The second-order valence-corrected chi connectivity index (χ2v) is 11.6. The number of phenolic OH excluding ortho intramolecular Hbond substituents is 1. The van der Waals surface area contributed by atoms with Crippen molar-refractivity contribution in [3.05, 3.63) is 47.1 Å². The van der Waals surface area contributed by atoms with E-state index in [0.29, 0.717) is 22.7 Å². The molecule has 1 saturated heterocycles. The van der Waals surface area contributed by atoms with Crippen molar-refractivity contribution in [3.8, 4) is 11.5 Å². The zero-order chi connectivity index (χ0) is 25.0. The van der Waals surface area contributed by atoms with Gasteiger partial charge in [-0.1, -0.05) is 57.4 Å². The molecule has 5 heteroatoms. The summed E-state index contributed by atoms with van der Waals surface area (Å²) in [4.78, 5) is 2.34. The van der Waals surface area contributed by atoms with Gasteiger partial charge in [0, 0.05) is 30.6 Å². The van der Waals surface area contributed by atoms with Crippen molar-refractivity contribution in [1.82, 2.24) is 10.2 Å². The molecule has 1 aliphatic heterocycles. The van der Waals surface area contributed by atoms with Crippen molar-refractivity contribution in [3.63, 3.8) is 0 Å². The molecule has 0 amide bonds. The number of benzene rings is 1. The normalized spacial score (nSPS) is 24.4. The number of thiocarbonyl (C=S) groups is 1. The highest BCUT2D eigenvalue weighted by atomic mass is 32.1. The van der Waals surface area contributed by atoms with Gasteiger partial charge >= 0.3 is 0 Å². The number of unbranched alkanes of at least 4 members (excludes halogenated alkanes) is 2. The highest BCUT2D eigenvalue weighted by Crippen LogP contribution is 2.47. The Balaban J connectivity index is 1.88. The highest BCUT2D eigenvalue weighted by molar-refractivity contribution is 7.80. The quantitative estimate of drug-likeness (QED) is 0.167. The predicted molar refractivity (Wildman–Crippen MR) is 147 cm³/mol. The number of nitrogens with one attached hydrogen (secondary N) is 1. The summed E-state index contributed by atoms with van der Waals surface area (Å²) >= 11 is 5.64. The third-order valence-electron chi connectivity index (χ3n) is 7.62. The van der Waals surface area contributed by atoms with Crippen LogP contribution in [-0.4, -0.2) is 41.4 Å². The third-order valence-corrected chi connectivity index (χ3v) is 7.84. The van der Waals surface area contributed by atoms with Crippen LogP contribution < -0.4 is 10.1 Å². The number of phenols is 1. The molecular formula is C29H44N2O2S. The molecule has 1 fully saturated rings. The summed E-state index contributed by atoms with van der Waals surface area (Å²) in [6, 6.07) is 4.58. The van der Waals surface area contributed by atoms with Gasteiger partial charge in [-0.15, -0.1) is 0 Å². The lowest BCUT2D eigenvalue weighted by Gasteiger charge is -2.32. The maximum absolute atomic E-state index is 11.2. The van der Waals surface area contributed by atoms with Crippen LogP contribution in [-0.2, 0) is 6.42 Å². The summed E-state index contributed by atoms with van der Waals surface area (Å²) in [5, 5.41) is 15.0. The van der Waals surface area contributed by atoms with Gasteiger partial charge in [-0.25, -0.2) is 0 Å². The lowest BCUT2D eigenvalue weighted by atomic mass is 9.73. The molecular weight excluding hydrogens is 440 g/mol. The fourth-order valence-electron chi connectivity index (χ4n) is 5.34. The van der Waals surface area contributed by atoms with Crippen molar-refractivity contribution in [2.24, 2.45) is 11.3 Å². The van der Waals surface area contributed by atoms with Gasteiger partial charge in [0.2, 0.25) is 0 Å². The van der Waals surface area contributed by atoms with E-state index in [9.17, 15) is 5.11 Å². The highest BCUT2D eigenvalue weighted by Gasteiger charge is 2.43. The van der Waals surface area contributed by atoms with Crippen molar-refractivity contribution < 1.29 is 9.84 Å². The molecule has 1 aromatic carbocycles. The average molecular weight is 485 g/mol. The van der Waals surface area contributed by atoms with Gasteiger partial charge in [0.15, 0.2) is 0 Å². The Hall–Kier alpha value is -1.85. The molecule has 34 heavy (non-hydrogen) atoms. The molecule has 2 N–H and O–H groups in total. The molecule has 1 aliphatic carbocycles. The number of hydrogen-bond donors (Lipinski definition) is 2.